The average Bonchev–Trinajstić information content (AvgIpc) is 2.07. The van der Waals surface area contributed by atoms with Crippen LogP contribution in [0.4, 0.5) is 0 Å². The first-order valence-electron chi connectivity index (χ1n) is 4.18. The lowest BCUT2D eigenvalue weighted by Gasteiger charge is -2.06. The minimum Gasteiger partial charge on any atom is -0.508 e. The molecule has 2 nitrogen and oxygen atoms in total. The van der Waals surface area contributed by atoms with Crippen LogP contribution >= 0.6 is 11.6 Å². The summed E-state index contributed by atoms with van der Waals surface area (Å²) in [6.07, 6.45) is 0. The fraction of sp³-hybridized carbons (Fsp3) is 0.400. The van der Waals surface area contributed by atoms with Gasteiger partial charge in [0.25, 0.3) is 0 Å². The highest BCUT2D eigenvalue weighted by atomic mass is 35.5. The SMILES string of the molecule is CC.COc1c(C)cc(O)cc1Cl. The minimum atomic E-state index is 0.160. The van der Waals surface area contributed by atoms with Crippen LogP contribution < -0.4 is 4.74 Å². The van der Waals surface area contributed by atoms with Gasteiger partial charge in [0.15, 0.2) is 0 Å². The molecule has 0 aromatic heterocycles. The van der Waals surface area contributed by atoms with Crippen LogP contribution in [-0.4, -0.2) is 12.2 Å². The van der Waals surface area contributed by atoms with Crippen LogP contribution in [-0.2, 0) is 0 Å². The lowest BCUT2D eigenvalue weighted by atomic mass is 10.2. The molecular formula is C10H15ClO2. The molecule has 0 saturated carbocycles. The zero-order valence-electron chi connectivity index (χ0n) is 8.39. The Hall–Kier alpha value is -0.890. The summed E-state index contributed by atoms with van der Waals surface area (Å²) in [4.78, 5) is 0. The normalized spacial score (nSPS) is 8.69. The van der Waals surface area contributed by atoms with Crippen LogP contribution in [0.1, 0.15) is 19.4 Å². The Morgan fingerprint density at radius 2 is 1.85 bits per heavy atom. The molecule has 0 fully saturated rings. The first kappa shape index (κ1) is 12.1. The number of phenols is 1. The molecule has 0 heterocycles. The molecule has 0 aliphatic heterocycles. The second-order valence-corrected chi connectivity index (χ2v) is 2.68. The summed E-state index contributed by atoms with van der Waals surface area (Å²) in [5, 5.41) is 9.51. The standard InChI is InChI=1S/C8H9ClO2.C2H6/c1-5-3-6(10)4-7(9)8(5)11-2;1-2/h3-4,10H,1-2H3;1-2H3. The maximum atomic E-state index is 9.07. The molecule has 0 spiro atoms. The highest BCUT2D eigenvalue weighted by Crippen LogP contribution is 2.31. The third-order valence-electron chi connectivity index (χ3n) is 1.42. The number of aryl methyl sites for hydroxylation is 1. The van der Waals surface area contributed by atoms with Crippen LogP contribution in [0.25, 0.3) is 0 Å². The topological polar surface area (TPSA) is 29.5 Å². The molecule has 0 unspecified atom stereocenters. The van der Waals surface area contributed by atoms with Crippen molar-refractivity contribution in [1.82, 2.24) is 0 Å². The van der Waals surface area contributed by atoms with Gasteiger partial charge in [0.1, 0.15) is 11.5 Å². The van der Waals surface area contributed by atoms with Crippen molar-refractivity contribution in [3.05, 3.63) is 22.7 Å². The summed E-state index contributed by atoms with van der Waals surface area (Å²) in [6, 6.07) is 3.05. The van der Waals surface area contributed by atoms with Crippen LogP contribution in [0.2, 0.25) is 5.02 Å². The van der Waals surface area contributed by atoms with E-state index in [2.05, 4.69) is 0 Å². The predicted molar refractivity (Wildman–Crippen MR) is 55.8 cm³/mol. The molecule has 0 radical (unpaired) electrons. The van der Waals surface area contributed by atoms with E-state index in [9.17, 15) is 0 Å². The molecule has 0 amide bonds. The minimum absolute atomic E-state index is 0.160. The average molecular weight is 203 g/mol. The number of hydrogen-bond donors (Lipinski definition) is 1. The van der Waals surface area contributed by atoms with Crippen molar-refractivity contribution in [3.63, 3.8) is 0 Å². The van der Waals surface area contributed by atoms with Crippen LogP contribution in [0.3, 0.4) is 0 Å². The third kappa shape index (κ3) is 3.15. The van der Waals surface area contributed by atoms with E-state index in [1.54, 1.807) is 13.2 Å². The van der Waals surface area contributed by atoms with E-state index in [4.69, 9.17) is 21.4 Å². The van der Waals surface area contributed by atoms with Gasteiger partial charge >= 0.3 is 0 Å². The van der Waals surface area contributed by atoms with E-state index in [0.29, 0.717) is 10.8 Å². The van der Waals surface area contributed by atoms with Gasteiger partial charge in [0.2, 0.25) is 0 Å². The van der Waals surface area contributed by atoms with Gasteiger partial charge in [0.05, 0.1) is 12.1 Å². The fourth-order valence-corrected chi connectivity index (χ4v) is 1.31. The number of benzene rings is 1. The Morgan fingerprint density at radius 3 is 2.23 bits per heavy atom. The highest BCUT2D eigenvalue weighted by molar-refractivity contribution is 6.32. The summed E-state index contributed by atoms with van der Waals surface area (Å²) < 4.78 is 4.99. The van der Waals surface area contributed by atoms with Gasteiger partial charge in [-0.05, 0) is 18.6 Å². The Balaban J connectivity index is 0.000000671. The van der Waals surface area contributed by atoms with Gasteiger partial charge in [0, 0.05) is 6.07 Å². The van der Waals surface area contributed by atoms with E-state index in [1.807, 2.05) is 20.8 Å². The second-order valence-electron chi connectivity index (χ2n) is 2.28. The number of rotatable bonds is 1. The zero-order valence-corrected chi connectivity index (χ0v) is 9.14. The third-order valence-corrected chi connectivity index (χ3v) is 1.70. The molecule has 1 rings (SSSR count). The van der Waals surface area contributed by atoms with Crippen molar-refractivity contribution in [2.24, 2.45) is 0 Å². The molecule has 1 aromatic rings. The Labute approximate surface area is 84.1 Å². The maximum Gasteiger partial charge on any atom is 0.140 e. The molecule has 0 saturated heterocycles. The summed E-state index contributed by atoms with van der Waals surface area (Å²) in [6.45, 7) is 5.82. The Bertz CT molecular complexity index is 249. The highest BCUT2D eigenvalue weighted by Gasteiger charge is 2.04. The van der Waals surface area contributed by atoms with Gasteiger partial charge in [-0.3, -0.25) is 0 Å². The van der Waals surface area contributed by atoms with Crippen molar-refractivity contribution in [2.45, 2.75) is 20.8 Å². The molecule has 0 aliphatic rings. The van der Waals surface area contributed by atoms with Gasteiger partial charge < -0.3 is 9.84 Å². The Kier molecular flexibility index (Phi) is 5.31. The van der Waals surface area contributed by atoms with Crippen LogP contribution in [0.15, 0.2) is 12.1 Å². The predicted octanol–water partition coefficient (Wildman–Crippen LogP) is 3.39. The molecule has 1 N–H and O–H groups in total. The lowest BCUT2D eigenvalue weighted by Crippen LogP contribution is -1.87. The molecule has 0 atom stereocenters. The summed E-state index contributed by atoms with van der Waals surface area (Å²) in [7, 11) is 1.55. The number of halogens is 1. The first-order chi connectivity index (χ1) is 6.15. The summed E-state index contributed by atoms with van der Waals surface area (Å²) in [5.74, 6) is 0.776. The molecule has 0 aliphatic carbocycles. The molecule has 3 heteroatoms. The van der Waals surface area contributed by atoms with Crippen LogP contribution in [0, 0.1) is 6.92 Å². The first-order valence-corrected chi connectivity index (χ1v) is 4.56. The van der Waals surface area contributed by atoms with Crippen LogP contribution in [0.5, 0.6) is 11.5 Å². The van der Waals surface area contributed by atoms with Gasteiger partial charge in [-0.2, -0.15) is 0 Å². The number of hydrogen-bond acceptors (Lipinski definition) is 2. The van der Waals surface area contributed by atoms with E-state index >= 15 is 0 Å². The smallest absolute Gasteiger partial charge is 0.140 e. The quantitative estimate of drug-likeness (QED) is 0.757. The van der Waals surface area contributed by atoms with Gasteiger partial charge in [-0.25, -0.2) is 0 Å². The molecule has 1 aromatic carbocycles. The van der Waals surface area contributed by atoms with Crippen molar-refractivity contribution in [1.29, 1.82) is 0 Å². The second kappa shape index (κ2) is 5.70. The molecule has 74 valence electrons. The largest absolute Gasteiger partial charge is 0.508 e. The molecule has 0 bridgehead atoms. The van der Waals surface area contributed by atoms with Gasteiger partial charge in [-0.1, -0.05) is 25.4 Å². The van der Waals surface area contributed by atoms with E-state index in [-0.39, 0.29) is 5.75 Å². The van der Waals surface area contributed by atoms with Crippen molar-refractivity contribution < 1.29 is 9.84 Å². The summed E-state index contributed by atoms with van der Waals surface area (Å²) in [5.41, 5.74) is 0.831. The van der Waals surface area contributed by atoms with Gasteiger partial charge in [-0.15, -0.1) is 0 Å². The number of phenolic OH excluding ortho intramolecular Hbond substituents is 1. The lowest BCUT2D eigenvalue weighted by molar-refractivity contribution is 0.409. The zero-order chi connectivity index (χ0) is 10.4. The van der Waals surface area contributed by atoms with E-state index in [0.717, 1.165) is 5.56 Å². The van der Waals surface area contributed by atoms with Crippen molar-refractivity contribution >= 4 is 11.6 Å². The molecule has 13 heavy (non-hydrogen) atoms. The monoisotopic (exact) mass is 202 g/mol. The maximum absolute atomic E-state index is 9.07. The number of ether oxygens (including phenoxy) is 1. The Morgan fingerprint density at radius 1 is 1.31 bits per heavy atom. The summed E-state index contributed by atoms with van der Waals surface area (Å²) >= 11 is 5.75. The van der Waals surface area contributed by atoms with Crippen molar-refractivity contribution in [3.8, 4) is 11.5 Å². The fourth-order valence-electron chi connectivity index (χ4n) is 0.971. The van der Waals surface area contributed by atoms with E-state index < -0.39 is 0 Å². The van der Waals surface area contributed by atoms with Crippen molar-refractivity contribution in [2.75, 3.05) is 7.11 Å². The molecular weight excluding hydrogens is 188 g/mol. The number of methoxy groups -OCH3 is 1. The van der Waals surface area contributed by atoms with E-state index in [1.165, 1.54) is 6.07 Å². The number of aromatic hydroxyl groups is 1.